The van der Waals surface area contributed by atoms with Crippen LogP contribution in [0, 0.1) is 5.82 Å². The highest BCUT2D eigenvalue weighted by molar-refractivity contribution is 14.0. The summed E-state index contributed by atoms with van der Waals surface area (Å²) >= 11 is 0. The first-order valence-electron chi connectivity index (χ1n) is 8.57. The Hall–Kier alpha value is -0.930. The lowest BCUT2D eigenvalue weighted by Crippen LogP contribution is -2.57. The van der Waals surface area contributed by atoms with Crippen LogP contribution in [0.5, 0.6) is 0 Å². The van der Waals surface area contributed by atoms with Crippen molar-refractivity contribution in [3.8, 4) is 0 Å². The van der Waals surface area contributed by atoms with E-state index in [0.717, 1.165) is 50.7 Å². The van der Waals surface area contributed by atoms with Crippen LogP contribution in [0.2, 0.25) is 0 Å². The largest absolute Gasteiger partial charge is 0.381 e. The predicted molar refractivity (Wildman–Crippen MR) is 111 cm³/mol. The molecule has 1 aromatic rings. The third-order valence-electron chi connectivity index (χ3n) is 4.63. The van der Waals surface area contributed by atoms with Gasteiger partial charge >= 0.3 is 0 Å². The van der Waals surface area contributed by atoms with Crippen molar-refractivity contribution >= 4 is 29.9 Å². The number of nitrogens with zero attached hydrogens (tertiary/aromatic N) is 2. The molecule has 5 nitrogen and oxygen atoms in total. The Bertz CT molecular complexity index is 530. The SMILES string of the molecule is CCNC(=NCc1ccc(F)cc1)NCC1(N(C)C)CCOCC1.I. The highest BCUT2D eigenvalue weighted by Gasteiger charge is 2.34. The van der Waals surface area contributed by atoms with Gasteiger partial charge in [0.25, 0.3) is 0 Å². The number of hydrogen-bond donors (Lipinski definition) is 2. The average molecular weight is 464 g/mol. The molecule has 1 fully saturated rings. The first-order chi connectivity index (χ1) is 11.6. The second kappa shape index (κ2) is 10.9. The first kappa shape index (κ1) is 22.1. The van der Waals surface area contributed by atoms with Crippen LogP contribution in [0.15, 0.2) is 29.3 Å². The normalized spacial score (nSPS) is 17.1. The summed E-state index contributed by atoms with van der Waals surface area (Å²) in [5.41, 5.74) is 1.08. The number of halogens is 2. The number of hydrogen-bond acceptors (Lipinski definition) is 3. The topological polar surface area (TPSA) is 48.9 Å². The molecule has 0 aliphatic carbocycles. The minimum absolute atomic E-state index is 0. The van der Waals surface area contributed by atoms with Crippen molar-refractivity contribution in [3.63, 3.8) is 0 Å². The monoisotopic (exact) mass is 464 g/mol. The van der Waals surface area contributed by atoms with E-state index in [1.54, 1.807) is 12.1 Å². The van der Waals surface area contributed by atoms with Gasteiger partial charge < -0.3 is 20.3 Å². The molecule has 1 aliphatic heterocycles. The molecule has 25 heavy (non-hydrogen) atoms. The van der Waals surface area contributed by atoms with Gasteiger partial charge in [-0.1, -0.05) is 12.1 Å². The quantitative estimate of drug-likeness (QED) is 0.386. The van der Waals surface area contributed by atoms with E-state index in [1.807, 2.05) is 6.92 Å². The third kappa shape index (κ3) is 6.71. The molecule has 0 amide bonds. The molecule has 1 aliphatic rings. The molecule has 0 unspecified atom stereocenters. The zero-order chi connectivity index (χ0) is 17.4. The lowest BCUT2D eigenvalue weighted by molar-refractivity contribution is -0.00501. The van der Waals surface area contributed by atoms with Gasteiger partial charge in [0, 0.05) is 31.8 Å². The lowest BCUT2D eigenvalue weighted by Gasteiger charge is -2.43. The van der Waals surface area contributed by atoms with Crippen LogP contribution in [0.4, 0.5) is 4.39 Å². The van der Waals surface area contributed by atoms with Crippen LogP contribution >= 0.6 is 24.0 Å². The van der Waals surface area contributed by atoms with Crippen LogP contribution in [-0.2, 0) is 11.3 Å². The van der Waals surface area contributed by atoms with Crippen molar-refractivity contribution in [2.24, 2.45) is 4.99 Å². The third-order valence-corrected chi connectivity index (χ3v) is 4.63. The van der Waals surface area contributed by atoms with E-state index in [4.69, 9.17) is 4.74 Å². The molecule has 1 aromatic carbocycles. The van der Waals surface area contributed by atoms with Gasteiger partial charge in [0.05, 0.1) is 6.54 Å². The van der Waals surface area contributed by atoms with Crippen LogP contribution in [0.3, 0.4) is 0 Å². The summed E-state index contributed by atoms with van der Waals surface area (Å²) < 4.78 is 18.5. The number of benzene rings is 1. The molecule has 7 heteroatoms. The number of likely N-dealkylation sites (N-methyl/N-ethyl adjacent to an activating group) is 1. The molecular formula is C18H30FIN4O. The number of guanidine groups is 1. The van der Waals surface area contributed by atoms with Crippen molar-refractivity contribution in [1.82, 2.24) is 15.5 Å². The molecule has 1 heterocycles. The van der Waals surface area contributed by atoms with Crippen molar-refractivity contribution < 1.29 is 9.13 Å². The average Bonchev–Trinajstić information content (AvgIpc) is 2.59. The number of ether oxygens (including phenoxy) is 1. The maximum atomic E-state index is 13.0. The Morgan fingerprint density at radius 3 is 2.40 bits per heavy atom. The zero-order valence-corrected chi connectivity index (χ0v) is 17.7. The van der Waals surface area contributed by atoms with E-state index in [-0.39, 0.29) is 35.3 Å². The van der Waals surface area contributed by atoms with Crippen molar-refractivity contribution in [2.45, 2.75) is 31.8 Å². The highest BCUT2D eigenvalue weighted by atomic mass is 127. The fraction of sp³-hybridized carbons (Fsp3) is 0.611. The van der Waals surface area contributed by atoms with Crippen LogP contribution in [0.1, 0.15) is 25.3 Å². The summed E-state index contributed by atoms with van der Waals surface area (Å²) in [6, 6.07) is 6.47. The van der Waals surface area contributed by atoms with Gasteiger partial charge in [0.2, 0.25) is 0 Å². The first-order valence-corrected chi connectivity index (χ1v) is 8.57. The molecule has 142 valence electrons. The van der Waals surface area contributed by atoms with E-state index in [1.165, 1.54) is 12.1 Å². The summed E-state index contributed by atoms with van der Waals surface area (Å²) in [6.45, 7) is 5.77. The summed E-state index contributed by atoms with van der Waals surface area (Å²) in [6.07, 6.45) is 2.01. The van der Waals surface area contributed by atoms with Crippen LogP contribution < -0.4 is 10.6 Å². The van der Waals surface area contributed by atoms with Gasteiger partial charge in [-0.05, 0) is 51.6 Å². The van der Waals surface area contributed by atoms with E-state index in [2.05, 4.69) is 34.6 Å². The number of nitrogens with one attached hydrogen (secondary N) is 2. The molecule has 0 bridgehead atoms. The molecule has 0 spiro atoms. The summed E-state index contributed by atoms with van der Waals surface area (Å²) in [5, 5.41) is 6.74. The molecule has 0 atom stereocenters. The Kier molecular flexibility index (Phi) is 9.66. The molecule has 2 N–H and O–H groups in total. The standard InChI is InChI=1S/C18H29FN4O.HI/c1-4-20-17(21-13-15-5-7-16(19)8-6-15)22-14-18(23(2)3)9-11-24-12-10-18;/h5-8H,4,9-14H2,1-3H3,(H2,20,21,22);1H. The van der Waals surface area contributed by atoms with Gasteiger partial charge in [0.15, 0.2) is 5.96 Å². The van der Waals surface area contributed by atoms with Crippen molar-refractivity contribution in [2.75, 3.05) is 40.4 Å². The fourth-order valence-electron chi connectivity index (χ4n) is 2.88. The number of rotatable bonds is 6. The zero-order valence-electron chi connectivity index (χ0n) is 15.3. The van der Waals surface area contributed by atoms with Crippen molar-refractivity contribution in [1.29, 1.82) is 0 Å². The molecule has 0 saturated carbocycles. The second-order valence-corrected chi connectivity index (χ2v) is 6.41. The van der Waals surface area contributed by atoms with E-state index < -0.39 is 0 Å². The summed E-state index contributed by atoms with van der Waals surface area (Å²) in [7, 11) is 4.24. The Balaban J connectivity index is 0.00000312. The molecule has 1 saturated heterocycles. The fourth-order valence-corrected chi connectivity index (χ4v) is 2.88. The summed E-state index contributed by atoms with van der Waals surface area (Å²) in [5.74, 6) is 0.565. The van der Waals surface area contributed by atoms with Gasteiger partial charge in [-0.25, -0.2) is 9.38 Å². The summed E-state index contributed by atoms with van der Waals surface area (Å²) in [4.78, 5) is 6.89. The van der Waals surface area contributed by atoms with Gasteiger partial charge in [-0.2, -0.15) is 0 Å². The highest BCUT2D eigenvalue weighted by Crippen LogP contribution is 2.25. The van der Waals surface area contributed by atoms with E-state index >= 15 is 0 Å². The van der Waals surface area contributed by atoms with Gasteiger partial charge in [-0.15, -0.1) is 24.0 Å². The molecule has 0 radical (unpaired) electrons. The lowest BCUT2D eigenvalue weighted by atomic mass is 9.88. The Labute approximate surface area is 167 Å². The Morgan fingerprint density at radius 2 is 1.84 bits per heavy atom. The van der Waals surface area contributed by atoms with E-state index in [9.17, 15) is 4.39 Å². The smallest absolute Gasteiger partial charge is 0.191 e. The number of aliphatic imine (C=N–C) groups is 1. The molecular weight excluding hydrogens is 434 g/mol. The minimum Gasteiger partial charge on any atom is -0.381 e. The second-order valence-electron chi connectivity index (χ2n) is 6.41. The Morgan fingerprint density at radius 1 is 1.20 bits per heavy atom. The maximum absolute atomic E-state index is 13.0. The van der Waals surface area contributed by atoms with E-state index in [0.29, 0.717) is 6.54 Å². The molecule has 2 rings (SSSR count). The van der Waals surface area contributed by atoms with Gasteiger partial charge in [0.1, 0.15) is 5.82 Å². The predicted octanol–water partition coefficient (Wildman–Crippen LogP) is 2.61. The van der Waals surface area contributed by atoms with Crippen molar-refractivity contribution in [3.05, 3.63) is 35.6 Å². The molecule has 0 aromatic heterocycles. The minimum atomic E-state index is -0.222. The van der Waals surface area contributed by atoms with Crippen LogP contribution in [-0.4, -0.2) is 56.8 Å². The van der Waals surface area contributed by atoms with Crippen LogP contribution in [0.25, 0.3) is 0 Å². The van der Waals surface area contributed by atoms with Gasteiger partial charge in [-0.3, -0.25) is 0 Å². The maximum Gasteiger partial charge on any atom is 0.191 e.